The van der Waals surface area contributed by atoms with Crippen molar-refractivity contribution in [2.75, 3.05) is 77.9 Å². The molecule has 37 heavy (non-hydrogen) atoms. The summed E-state index contributed by atoms with van der Waals surface area (Å²) in [4.78, 5) is 33.8. The summed E-state index contributed by atoms with van der Waals surface area (Å²) in [6, 6.07) is 7.23. The topological polar surface area (TPSA) is 142 Å². The fraction of sp³-hybridized carbons (Fsp3) is 0.654. The van der Waals surface area contributed by atoms with Gasteiger partial charge in [0, 0.05) is 31.8 Å². The van der Waals surface area contributed by atoms with Crippen LogP contribution in [0.1, 0.15) is 49.4 Å². The smallest absolute Gasteiger partial charge is 0.338 e. The Bertz CT molecular complexity index is 744. The number of carbonyl (C=O) groups excluding carboxylic acids is 2. The van der Waals surface area contributed by atoms with E-state index in [1.807, 2.05) is 12.1 Å². The van der Waals surface area contributed by atoms with Gasteiger partial charge in [0.2, 0.25) is 5.91 Å². The molecule has 0 spiro atoms. The zero-order valence-electron chi connectivity index (χ0n) is 21.8. The lowest BCUT2D eigenvalue weighted by atomic mass is 10.2. The first-order chi connectivity index (χ1) is 18.0. The third kappa shape index (κ3) is 19.1. The van der Waals surface area contributed by atoms with Gasteiger partial charge in [-0.2, -0.15) is 0 Å². The summed E-state index contributed by atoms with van der Waals surface area (Å²) in [6.07, 6.45) is 2.70. The summed E-state index contributed by atoms with van der Waals surface area (Å²) in [7, 11) is 0. The minimum atomic E-state index is -0.985. The molecule has 0 saturated heterocycles. The molecule has 210 valence electrons. The largest absolute Gasteiger partial charge is 0.481 e. The van der Waals surface area contributed by atoms with Crippen LogP contribution in [-0.4, -0.2) is 95.5 Å². The number of rotatable bonds is 24. The van der Waals surface area contributed by atoms with Crippen molar-refractivity contribution < 1.29 is 43.2 Å². The molecule has 0 aliphatic carbocycles. The molecule has 0 radical (unpaired) electrons. The average molecular weight is 527 g/mol. The van der Waals surface area contributed by atoms with Crippen molar-refractivity contribution in [2.24, 2.45) is 0 Å². The second-order valence-electron chi connectivity index (χ2n) is 8.04. The highest BCUT2D eigenvalue weighted by atomic mass is 16.6. The lowest BCUT2D eigenvalue weighted by molar-refractivity contribution is -0.138. The van der Waals surface area contributed by atoms with Crippen LogP contribution >= 0.6 is 0 Å². The van der Waals surface area contributed by atoms with E-state index in [9.17, 15) is 14.4 Å². The van der Waals surface area contributed by atoms with Gasteiger partial charge in [-0.3, -0.25) is 9.59 Å². The standard InChI is InChI=1S/C26H42N2O9/c1-2-3-11-27-23-7-5-22(6-8-23)26(32)37-21-20-36-19-18-35-17-16-34-15-14-33-13-4-12-28-24(29)9-10-25(30)31/h5-8,27H,2-4,9-21H2,1H3,(H,28,29)(H,30,31). The van der Waals surface area contributed by atoms with Crippen molar-refractivity contribution >= 4 is 23.5 Å². The fourth-order valence-corrected chi connectivity index (χ4v) is 2.88. The maximum Gasteiger partial charge on any atom is 0.338 e. The molecule has 11 nitrogen and oxygen atoms in total. The lowest BCUT2D eigenvalue weighted by Gasteiger charge is -2.09. The number of amides is 1. The van der Waals surface area contributed by atoms with E-state index in [1.54, 1.807) is 12.1 Å². The SMILES string of the molecule is CCCCNc1ccc(C(=O)OCCOCCOCCOCCOCCCNC(=O)CCC(=O)O)cc1. The number of nitrogens with one attached hydrogen (secondary N) is 2. The van der Waals surface area contributed by atoms with Crippen LogP contribution in [0.2, 0.25) is 0 Å². The molecular weight excluding hydrogens is 484 g/mol. The van der Waals surface area contributed by atoms with E-state index in [2.05, 4.69) is 17.6 Å². The monoisotopic (exact) mass is 526 g/mol. The van der Waals surface area contributed by atoms with Crippen molar-refractivity contribution in [1.82, 2.24) is 5.32 Å². The highest BCUT2D eigenvalue weighted by molar-refractivity contribution is 5.89. The van der Waals surface area contributed by atoms with Gasteiger partial charge in [0.05, 0.1) is 58.2 Å². The molecule has 0 aromatic heterocycles. The molecule has 0 bridgehead atoms. The van der Waals surface area contributed by atoms with Gasteiger partial charge in [0.1, 0.15) is 6.61 Å². The first-order valence-corrected chi connectivity index (χ1v) is 12.8. The number of carbonyl (C=O) groups is 3. The molecule has 11 heteroatoms. The van der Waals surface area contributed by atoms with Gasteiger partial charge in [-0.15, -0.1) is 0 Å². The van der Waals surface area contributed by atoms with Crippen molar-refractivity contribution in [2.45, 2.75) is 39.0 Å². The van der Waals surface area contributed by atoms with Crippen LogP contribution in [0, 0.1) is 0 Å². The van der Waals surface area contributed by atoms with E-state index in [1.165, 1.54) is 0 Å². The van der Waals surface area contributed by atoms with E-state index in [0.29, 0.717) is 71.4 Å². The van der Waals surface area contributed by atoms with Gasteiger partial charge in [0.25, 0.3) is 0 Å². The quantitative estimate of drug-likeness (QED) is 0.136. The summed E-state index contributed by atoms with van der Waals surface area (Å²) < 4.78 is 26.8. The minimum Gasteiger partial charge on any atom is -0.481 e. The predicted octanol–water partition coefficient (Wildman–Crippen LogP) is 2.49. The van der Waals surface area contributed by atoms with Gasteiger partial charge in [0.15, 0.2) is 0 Å². The number of carboxylic acids is 1. The summed E-state index contributed by atoms with van der Waals surface area (Å²) >= 11 is 0. The predicted molar refractivity (Wildman–Crippen MR) is 138 cm³/mol. The number of hydrogen-bond donors (Lipinski definition) is 3. The highest BCUT2D eigenvalue weighted by Crippen LogP contribution is 2.10. The Labute approximate surface area is 219 Å². The second-order valence-corrected chi connectivity index (χ2v) is 8.04. The van der Waals surface area contributed by atoms with E-state index < -0.39 is 5.97 Å². The third-order valence-corrected chi connectivity index (χ3v) is 4.91. The molecule has 1 amide bonds. The normalized spacial score (nSPS) is 10.7. The molecular formula is C26H42N2O9. The molecule has 0 heterocycles. The average Bonchev–Trinajstić information content (AvgIpc) is 2.89. The van der Waals surface area contributed by atoms with Crippen LogP contribution in [0.4, 0.5) is 5.69 Å². The van der Waals surface area contributed by atoms with Crippen LogP contribution in [0.25, 0.3) is 0 Å². The van der Waals surface area contributed by atoms with Gasteiger partial charge in [-0.05, 0) is 37.1 Å². The number of anilines is 1. The summed E-state index contributed by atoms with van der Waals surface area (Å²) in [6.45, 7) is 7.01. The Morgan fingerprint density at radius 3 is 1.86 bits per heavy atom. The Hall–Kier alpha value is -2.73. The molecule has 1 rings (SSSR count). The zero-order chi connectivity index (χ0) is 27.0. The molecule has 0 atom stereocenters. The van der Waals surface area contributed by atoms with Crippen LogP contribution in [0.3, 0.4) is 0 Å². The van der Waals surface area contributed by atoms with Crippen LogP contribution < -0.4 is 10.6 Å². The Kier molecular flexibility index (Phi) is 19.6. The van der Waals surface area contributed by atoms with Gasteiger partial charge >= 0.3 is 11.9 Å². The zero-order valence-corrected chi connectivity index (χ0v) is 21.8. The second kappa shape index (κ2) is 22.5. The molecule has 0 aliphatic rings. The Morgan fingerprint density at radius 1 is 0.730 bits per heavy atom. The van der Waals surface area contributed by atoms with E-state index in [-0.39, 0.29) is 31.3 Å². The Balaban J connectivity index is 1.84. The maximum atomic E-state index is 12.1. The van der Waals surface area contributed by atoms with Gasteiger partial charge in [-0.1, -0.05) is 13.3 Å². The number of aliphatic carboxylic acids is 1. The molecule has 3 N–H and O–H groups in total. The number of hydrogen-bond acceptors (Lipinski definition) is 9. The van der Waals surface area contributed by atoms with Crippen molar-refractivity contribution in [3.63, 3.8) is 0 Å². The summed E-state index contributed by atoms with van der Waals surface area (Å²) in [5.74, 6) is -1.63. The van der Waals surface area contributed by atoms with Gasteiger partial charge in [-0.25, -0.2) is 4.79 Å². The fourth-order valence-electron chi connectivity index (χ4n) is 2.88. The van der Waals surface area contributed by atoms with Crippen LogP contribution in [0.15, 0.2) is 24.3 Å². The summed E-state index contributed by atoms with van der Waals surface area (Å²) in [5.41, 5.74) is 1.49. The first kappa shape index (κ1) is 32.3. The molecule has 0 saturated carbocycles. The Morgan fingerprint density at radius 2 is 1.30 bits per heavy atom. The maximum absolute atomic E-state index is 12.1. The minimum absolute atomic E-state index is 0.0131. The number of ether oxygens (including phenoxy) is 5. The van der Waals surface area contributed by atoms with Gasteiger partial charge < -0.3 is 39.4 Å². The van der Waals surface area contributed by atoms with E-state index in [0.717, 1.165) is 25.1 Å². The molecule has 0 fully saturated rings. The van der Waals surface area contributed by atoms with Crippen molar-refractivity contribution in [3.8, 4) is 0 Å². The van der Waals surface area contributed by atoms with Crippen molar-refractivity contribution in [3.05, 3.63) is 29.8 Å². The lowest BCUT2D eigenvalue weighted by Crippen LogP contribution is -2.25. The highest BCUT2D eigenvalue weighted by Gasteiger charge is 2.07. The number of carboxylic acid groups (broad SMARTS) is 1. The number of unbranched alkanes of at least 4 members (excludes halogenated alkanes) is 1. The number of benzene rings is 1. The molecule has 0 unspecified atom stereocenters. The van der Waals surface area contributed by atoms with E-state index >= 15 is 0 Å². The molecule has 1 aromatic rings. The third-order valence-electron chi connectivity index (χ3n) is 4.91. The van der Waals surface area contributed by atoms with Crippen LogP contribution in [0.5, 0.6) is 0 Å². The molecule has 0 aliphatic heterocycles. The van der Waals surface area contributed by atoms with Crippen molar-refractivity contribution in [1.29, 1.82) is 0 Å². The number of esters is 1. The first-order valence-electron chi connectivity index (χ1n) is 12.8. The van der Waals surface area contributed by atoms with E-state index in [4.69, 9.17) is 28.8 Å². The molecule has 1 aromatic carbocycles. The summed E-state index contributed by atoms with van der Waals surface area (Å²) in [5, 5.41) is 14.4. The van der Waals surface area contributed by atoms with Crippen LogP contribution in [-0.2, 0) is 33.3 Å².